The average molecular weight is 267 g/mol. The quantitative estimate of drug-likeness (QED) is 0.771. The zero-order valence-electron chi connectivity index (χ0n) is 11.3. The topological polar surface area (TPSA) is 36.4 Å². The van der Waals surface area contributed by atoms with E-state index in [1.165, 1.54) is 0 Å². The number of Topliss-reactive ketones (excluding diaryl/α,β-unsaturated/α-hetero) is 1. The van der Waals surface area contributed by atoms with Crippen molar-refractivity contribution in [2.75, 3.05) is 32.7 Å². The van der Waals surface area contributed by atoms with Crippen molar-refractivity contribution in [2.24, 2.45) is 0 Å². The second kappa shape index (κ2) is 4.65. The number of carbonyl (C=O) groups excluding carboxylic acids is 1. The van der Waals surface area contributed by atoms with Crippen LogP contribution in [-0.4, -0.2) is 59.3 Å². The van der Waals surface area contributed by atoms with Gasteiger partial charge in [-0.15, -0.1) is 0 Å². The third-order valence-corrected chi connectivity index (χ3v) is 4.47. The van der Waals surface area contributed by atoms with Gasteiger partial charge in [0, 0.05) is 49.9 Å². The van der Waals surface area contributed by atoms with Gasteiger partial charge in [-0.1, -0.05) is 18.2 Å². The van der Waals surface area contributed by atoms with E-state index in [4.69, 9.17) is 0 Å². The molecule has 3 aliphatic heterocycles. The van der Waals surface area contributed by atoms with Crippen molar-refractivity contribution in [2.45, 2.75) is 6.04 Å². The van der Waals surface area contributed by atoms with E-state index >= 15 is 0 Å². The van der Waals surface area contributed by atoms with Crippen molar-refractivity contribution in [3.63, 3.8) is 0 Å². The zero-order valence-corrected chi connectivity index (χ0v) is 11.3. The molecule has 0 saturated carbocycles. The second-order valence-corrected chi connectivity index (χ2v) is 5.63. The first kappa shape index (κ1) is 12.0. The summed E-state index contributed by atoms with van der Waals surface area (Å²) in [4.78, 5) is 21.8. The maximum absolute atomic E-state index is 12.7. The molecule has 1 unspecified atom stereocenters. The Bertz CT molecular complexity index is 662. The Labute approximate surface area is 118 Å². The van der Waals surface area contributed by atoms with Gasteiger partial charge in [-0.25, -0.2) is 0 Å². The highest BCUT2D eigenvalue weighted by Crippen LogP contribution is 2.21. The molecule has 0 spiro atoms. The highest BCUT2D eigenvalue weighted by Gasteiger charge is 2.36. The lowest BCUT2D eigenvalue weighted by atomic mass is 9.97. The molecule has 4 heteroatoms. The highest BCUT2D eigenvalue weighted by atomic mass is 16.1. The molecule has 3 saturated heterocycles. The molecule has 0 amide bonds. The van der Waals surface area contributed by atoms with E-state index in [-0.39, 0.29) is 11.8 Å². The third-order valence-electron chi connectivity index (χ3n) is 4.47. The molecule has 2 aromatic rings. The van der Waals surface area contributed by atoms with Crippen LogP contribution in [0.5, 0.6) is 0 Å². The zero-order chi connectivity index (χ0) is 13.5. The van der Waals surface area contributed by atoms with Crippen LogP contribution in [0, 0.1) is 0 Å². The molecule has 102 valence electrons. The normalized spacial score (nSPS) is 28.7. The van der Waals surface area contributed by atoms with Gasteiger partial charge < -0.3 is 0 Å². The average Bonchev–Trinajstić information content (AvgIpc) is 2.54. The van der Waals surface area contributed by atoms with Gasteiger partial charge in [-0.2, -0.15) is 0 Å². The molecule has 0 N–H and O–H groups in total. The predicted molar refractivity (Wildman–Crippen MR) is 77.9 cm³/mol. The van der Waals surface area contributed by atoms with Crippen LogP contribution in [0.1, 0.15) is 10.4 Å². The summed E-state index contributed by atoms with van der Waals surface area (Å²) in [6.45, 7) is 5.11. The van der Waals surface area contributed by atoms with Gasteiger partial charge in [0.05, 0.1) is 11.6 Å². The maximum Gasteiger partial charge on any atom is 0.181 e. The summed E-state index contributed by atoms with van der Waals surface area (Å²) in [7, 11) is 0. The first-order chi connectivity index (χ1) is 9.81. The first-order valence-electron chi connectivity index (χ1n) is 7.17. The fourth-order valence-electron chi connectivity index (χ4n) is 3.28. The van der Waals surface area contributed by atoms with Gasteiger partial charge in [-0.3, -0.25) is 19.6 Å². The molecular formula is C16H17N3O. The molecule has 0 aliphatic carbocycles. The second-order valence-electron chi connectivity index (χ2n) is 5.63. The summed E-state index contributed by atoms with van der Waals surface area (Å²) in [5.41, 5.74) is 1.68. The van der Waals surface area contributed by atoms with E-state index < -0.39 is 0 Å². The minimum absolute atomic E-state index is 0.0265. The van der Waals surface area contributed by atoms with Crippen molar-refractivity contribution >= 4 is 16.7 Å². The van der Waals surface area contributed by atoms with E-state index in [1.54, 1.807) is 6.20 Å². The van der Waals surface area contributed by atoms with Crippen LogP contribution < -0.4 is 0 Å². The van der Waals surface area contributed by atoms with Crippen LogP contribution in [0.25, 0.3) is 10.9 Å². The lowest BCUT2D eigenvalue weighted by Crippen LogP contribution is -2.63. The minimum atomic E-state index is 0.0265. The number of carbonyl (C=O) groups is 1. The van der Waals surface area contributed by atoms with Gasteiger partial charge in [0.15, 0.2) is 5.78 Å². The number of nitrogens with zero attached hydrogens (tertiary/aromatic N) is 3. The monoisotopic (exact) mass is 267 g/mol. The van der Waals surface area contributed by atoms with E-state index in [1.807, 2.05) is 30.3 Å². The number of pyridine rings is 1. The molecule has 1 aromatic heterocycles. The summed E-state index contributed by atoms with van der Waals surface area (Å²) < 4.78 is 0. The van der Waals surface area contributed by atoms with Crippen molar-refractivity contribution in [1.29, 1.82) is 0 Å². The number of piperazine rings is 3. The van der Waals surface area contributed by atoms with Gasteiger partial charge in [0.25, 0.3) is 0 Å². The molecule has 2 bridgehead atoms. The van der Waals surface area contributed by atoms with E-state index in [2.05, 4.69) is 14.8 Å². The summed E-state index contributed by atoms with van der Waals surface area (Å²) in [6, 6.07) is 9.82. The van der Waals surface area contributed by atoms with Crippen LogP contribution in [0.15, 0.2) is 36.5 Å². The van der Waals surface area contributed by atoms with Crippen LogP contribution in [-0.2, 0) is 0 Å². The van der Waals surface area contributed by atoms with E-state index in [0.29, 0.717) is 0 Å². The Morgan fingerprint density at radius 3 is 2.75 bits per heavy atom. The van der Waals surface area contributed by atoms with E-state index in [0.717, 1.165) is 49.2 Å². The standard InChI is InChI=1S/C16H17N3O/c20-16(15-11-18-6-8-19(15)9-7-18)13-4-3-12-2-1-5-17-14(12)10-13/h1-5,10,15H,6-9,11H2. The Balaban J connectivity index is 1.66. The Morgan fingerprint density at radius 1 is 1.15 bits per heavy atom. The largest absolute Gasteiger partial charge is 0.299 e. The molecule has 20 heavy (non-hydrogen) atoms. The highest BCUT2D eigenvalue weighted by molar-refractivity contribution is 6.02. The van der Waals surface area contributed by atoms with Crippen molar-refractivity contribution in [1.82, 2.24) is 14.8 Å². The minimum Gasteiger partial charge on any atom is -0.299 e. The molecule has 5 rings (SSSR count). The summed E-state index contributed by atoms with van der Waals surface area (Å²) >= 11 is 0. The molecule has 1 atom stereocenters. The summed E-state index contributed by atoms with van der Waals surface area (Å²) in [5.74, 6) is 0.238. The predicted octanol–water partition coefficient (Wildman–Crippen LogP) is 1.42. The molecule has 0 radical (unpaired) electrons. The van der Waals surface area contributed by atoms with Gasteiger partial charge in [0.2, 0.25) is 0 Å². The maximum atomic E-state index is 12.7. The van der Waals surface area contributed by atoms with Gasteiger partial charge >= 0.3 is 0 Å². The number of benzene rings is 1. The fraction of sp³-hybridized carbons (Fsp3) is 0.375. The van der Waals surface area contributed by atoms with Crippen molar-refractivity contribution in [3.05, 3.63) is 42.1 Å². The summed E-state index contributed by atoms with van der Waals surface area (Å²) in [6.07, 6.45) is 1.77. The molecule has 1 aromatic carbocycles. The van der Waals surface area contributed by atoms with Crippen LogP contribution in [0.3, 0.4) is 0 Å². The number of hydrogen-bond acceptors (Lipinski definition) is 4. The van der Waals surface area contributed by atoms with Crippen LogP contribution in [0.4, 0.5) is 0 Å². The van der Waals surface area contributed by atoms with Gasteiger partial charge in [0.1, 0.15) is 0 Å². The molecule has 4 nitrogen and oxygen atoms in total. The fourth-order valence-corrected chi connectivity index (χ4v) is 3.28. The smallest absolute Gasteiger partial charge is 0.181 e. The third kappa shape index (κ3) is 1.92. The Kier molecular flexibility index (Phi) is 2.79. The molecule has 3 fully saturated rings. The number of rotatable bonds is 2. The number of aromatic nitrogens is 1. The number of fused-ring (bicyclic) bond motifs is 4. The first-order valence-corrected chi connectivity index (χ1v) is 7.17. The van der Waals surface area contributed by atoms with Crippen LogP contribution >= 0.6 is 0 Å². The molecular weight excluding hydrogens is 250 g/mol. The summed E-state index contributed by atoms with van der Waals surface area (Å²) in [5, 5.41) is 1.08. The van der Waals surface area contributed by atoms with E-state index in [9.17, 15) is 4.79 Å². The Morgan fingerprint density at radius 2 is 2.00 bits per heavy atom. The number of ketones is 1. The SMILES string of the molecule is O=C(c1ccc2cccnc2c1)C1CN2CCN1CC2. The lowest BCUT2D eigenvalue weighted by molar-refractivity contribution is 0.0159. The Hall–Kier alpha value is -1.78. The van der Waals surface area contributed by atoms with Gasteiger partial charge in [-0.05, 0) is 12.1 Å². The van der Waals surface area contributed by atoms with Crippen molar-refractivity contribution < 1.29 is 4.79 Å². The van der Waals surface area contributed by atoms with Crippen molar-refractivity contribution in [3.8, 4) is 0 Å². The number of hydrogen-bond donors (Lipinski definition) is 0. The molecule has 3 aliphatic rings. The molecule has 4 heterocycles. The lowest BCUT2D eigenvalue weighted by Gasteiger charge is -2.46. The van der Waals surface area contributed by atoms with Crippen LogP contribution in [0.2, 0.25) is 0 Å².